The van der Waals surface area contributed by atoms with Crippen LogP contribution in [0.25, 0.3) is 0 Å². The normalized spacial score (nSPS) is 13.6. The number of nitrogens with zero attached hydrogens (tertiary/aromatic N) is 1. The Morgan fingerprint density at radius 2 is 1.90 bits per heavy atom. The van der Waals surface area contributed by atoms with E-state index in [-0.39, 0.29) is 5.91 Å². The zero-order valence-corrected chi connectivity index (χ0v) is 12.8. The Hall–Kier alpha value is -1.85. The van der Waals surface area contributed by atoms with Crippen LogP contribution in [0.3, 0.4) is 0 Å². The predicted octanol–water partition coefficient (Wildman–Crippen LogP) is 2.16. The summed E-state index contributed by atoms with van der Waals surface area (Å²) in [6, 6.07) is 13.5. The minimum Gasteiger partial charge on any atom is -0.368 e. The van der Waals surface area contributed by atoms with Gasteiger partial charge in [0.2, 0.25) is 5.91 Å². The number of nitrogens with one attached hydrogen (secondary N) is 1. The minimum absolute atomic E-state index is 0.364. The van der Waals surface area contributed by atoms with Crippen LogP contribution < -0.4 is 11.1 Å². The smallest absolute Gasteiger partial charge is 0.243 e. The first-order valence-electron chi connectivity index (χ1n) is 6.82. The Morgan fingerprint density at radius 3 is 2.48 bits per heavy atom. The van der Waals surface area contributed by atoms with Crippen LogP contribution in [0.1, 0.15) is 12.5 Å². The molecule has 0 bridgehead atoms. The summed E-state index contributed by atoms with van der Waals surface area (Å²) in [5, 5.41) is 3.27. The Morgan fingerprint density at radius 1 is 1.24 bits per heavy atom. The van der Waals surface area contributed by atoms with Gasteiger partial charge in [-0.15, -0.1) is 11.8 Å². The summed E-state index contributed by atoms with van der Waals surface area (Å²) in [6.45, 7) is 2.63. The van der Waals surface area contributed by atoms with E-state index >= 15 is 0 Å². The largest absolute Gasteiger partial charge is 0.368 e. The van der Waals surface area contributed by atoms with E-state index in [1.807, 2.05) is 49.4 Å². The lowest BCUT2D eigenvalue weighted by Crippen LogP contribution is -2.54. The molecule has 110 valence electrons. The molecule has 1 heterocycles. The van der Waals surface area contributed by atoms with Crippen LogP contribution in [-0.4, -0.2) is 23.2 Å². The van der Waals surface area contributed by atoms with E-state index in [2.05, 4.69) is 10.3 Å². The number of hydrogen-bond donors (Lipinski definition) is 2. The summed E-state index contributed by atoms with van der Waals surface area (Å²) >= 11 is 1.59. The third-order valence-corrected chi connectivity index (χ3v) is 4.45. The van der Waals surface area contributed by atoms with Crippen molar-refractivity contribution in [3.05, 3.63) is 60.4 Å². The molecule has 4 nitrogen and oxygen atoms in total. The molecular formula is C16H19N3OS. The number of benzene rings is 1. The number of carbonyl (C=O) groups is 1. The molecule has 21 heavy (non-hydrogen) atoms. The van der Waals surface area contributed by atoms with Gasteiger partial charge < -0.3 is 5.73 Å². The minimum atomic E-state index is -0.871. The van der Waals surface area contributed by atoms with Crippen LogP contribution in [0, 0.1) is 0 Å². The van der Waals surface area contributed by atoms with Gasteiger partial charge in [-0.05, 0) is 24.2 Å². The van der Waals surface area contributed by atoms with E-state index in [9.17, 15) is 4.79 Å². The van der Waals surface area contributed by atoms with Gasteiger partial charge in [0.05, 0.1) is 0 Å². The fourth-order valence-electron chi connectivity index (χ4n) is 2.19. The molecule has 0 aliphatic heterocycles. The molecule has 3 N–H and O–H groups in total. The number of amides is 1. The highest BCUT2D eigenvalue weighted by molar-refractivity contribution is 7.99. The van der Waals surface area contributed by atoms with E-state index in [0.717, 1.165) is 10.5 Å². The summed E-state index contributed by atoms with van der Waals surface area (Å²) in [7, 11) is 0. The van der Waals surface area contributed by atoms with Crippen molar-refractivity contribution >= 4 is 17.7 Å². The zero-order chi connectivity index (χ0) is 15.1. The summed E-state index contributed by atoms with van der Waals surface area (Å²) in [5.74, 6) is 0.168. The Labute approximate surface area is 129 Å². The number of nitrogens with two attached hydrogens (primary N) is 1. The number of thioether (sulfide) groups is 1. The Bertz CT molecular complexity index is 577. The molecule has 5 heteroatoms. The van der Waals surface area contributed by atoms with Crippen molar-refractivity contribution in [2.24, 2.45) is 5.73 Å². The number of aromatic nitrogens is 1. The maximum atomic E-state index is 12.2. The fraction of sp³-hybridized carbons (Fsp3) is 0.250. The SMILES string of the molecule is CCNC(CSc1ccncc1)(C(N)=O)c1ccccc1. The first kappa shape index (κ1) is 15.5. The van der Waals surface area contributed by atoms with Gasteiger partial charge in [0.1, 0.15) is 5.54 Å². The van der Waals surface area contributed by atoms with E-state index in [0.29, 0.717) is 12.3 Å². The maximum Gasteiger partial charge on any atom is 0.243 e. The molecule has 1 amide bonds. The molecule has 0 radical (unpaired) electrons. The van der Waals surface area contributed by atoms with Crippen LogP contribution in [-0.2, 0) is 10.3 Å². The quantitative estimate of drug-likeness (QED) is 0.769. The van der Waals surface area contributed by atoms with Crippen LogP contribution in [0.5, 0.6) is 0 Å². The molecule has 1 unspecified atom stereocenters. The number of carbonyl (C=O) groups excluding carboxylic acids is 1. The van der Waals surface area contributed by atoms with E-state index in [1.165, 1.54) is 0 Å². The van der Waals surface area contributed by atoms with Crippen molar-refractivity contribution in [2.75, 3.05) is 12.3 Å². The number of pyridine rings is 1. The highest BCUT2D eigenvalue weighted by atomic mass is 32.2. The molecule has 0 aliphatic rings. The second-order valence-corrected chi connectivity index (χ2v) is 5.69. The van der Waals surface area contributed by atoms with E-state index in [4.69, 9.17) is 5.73 Å². The predicted molar refractivity (Wildman–Crippen MR) is 86.0 cm³/mol. The van der Waals surface area contributed by atoms with Crippen molar-refractivity contribution in [1.82, 2.24) is 10.3 Å². The average Bonchev–Trinajstić information content (AvgIpc) is 2.53. The van der Waals surface area contributed by atoms with Gasteiger partial charge in [-0.2, -0.15) is 0 Å². The molecule has 0 saturated carbocycles. The lowest BCUT2D eigenvalue weighted by atomic mass is 9.91. The third-order valence-electron chi connectivity index (χ3n) is 3.27. The molecule has 0 spiro atoms. The lowest BCUT2D eigenvalue weighted by Gasteiger charge is -2.31. The van der Waals surface area contributed by atoms with Crippen LogP contribution in [0.15, 0.2) is 59.8 Å². The van der Waals surface area contributed by atoms with Gasteiger partial charge in [-0.1, -0.05) is 37.3 Å². The summed E-state index contributed by atoms with van der Waals surface area (Å²) < 4.78 is 0. The van der Waals surface area contributed by atoms with Gasteiger partial charge in [0.15, 0.2) is 0 Å². The molecule has 1 atom stereocenters. The van der Waals surface area contributed by atoms with E-state index < -0.39 is 5.54 Å². The van der Waals surface area contributed by atoms with Gasteiger partial charge in [0, 0.05) is 23.0 Å². The van der Waals surface area contributed by atoms with Gasteiger partial charge in [-0.25, -0.2) is 0 Å². The van der Waals surface area contributed by atoms with Crippen LogP contribution >= 0.6 is 11.8 Å². The van der Waals surface area contributed by atoms with Crippen LogP contribution in [0.2, 0.25) is 0 Å². The molecule has 0 saturated heterocycles. The van der Waals surface area contributed by atoms with Gasteiger partial charge >= 0.3 is 0 Å². The highest BCUT2D eigenvalue weighted by Crippen LogP contribution is 2.29. The Kier molecular flexibility index (Phi) is 5.36. The maximum absolute atomic E-state index is 12.2. The molecule has 0 aliphatic carbocycles. The average molecular weight is 301 g/mol. The number of rotatable bonds is 7. The molecule has 0 fully saturated rings. The van der Waals surface area contributed by atoms with Crippen molar-refractivity contribution in [2.45, 2.75) is 17.4 Å². The van der Waals surface area contributed by atoms with Gasteiger partial charge in [-0.3, -0.25) is 15.1 Å². The molecule has 1 aromatic heterocycles. The number of hydrogen-bond acceptors (Lipinski definition) is 4. The summed E-state index contributed by atoms with van der Waals surface area (Å²) in [6.07, 6.45) is 3.48. The molecular weight excluding hydrogens is 282 g/mol. The van der Waals surface area contributed by atoms with Crippen molar-refractivity contribution in [1.29, 1.82) is 0 Å². The van der Waals surface area contributed by atoms with E-state index in [1.54, 1.807) is 24.2 Å². The molecule has 2 rings (SSSR count). The summed E-state index contributed by atoms with van der Waals surface area (Å²) in [4.78, 5) is 17.2. The highest BCUT2D eigenvalue weighted by Gasteiger charge is 2.37. The molecule has 1 aromatic carbocycles. The fourth-order valence-corrected chi connectivity index (χ4v) is 3.30. The second kappa shape index (κ2) is 7.24. The second-order valence-electron chi connectivity index (χ2n) is 4.64. The number of primary amides is 1. The third kappa shape index (κ3) is 3.62. The monoisotopic (exact) mass is 301 g/mol. The van der Waals surface area contributed by atoms with Gasteiger partial charge in [0.25, 0.3) is 0 Å². The standard InChI is InChI=1S/C16H19N3OS/c1-2-19-16(15(17)20,13-6-4-3-5-7-13)12-21-14-8-10-18-11-9-14/h3-11,19H,2,12H2,1H3,(H2,17,20). The van der Waals surface area contributed by atoms with Crippen molar-refractivity contribution in [3.8, 4) is 0 Å². The lowest BCUT2D eigenvalue weighted by molar-refractivity contribution is -0.123. The number of likely N-dealkylation sites (N-methyl/N-ethyl adjacent to an activating group) is 1. The Balaban J connectivity index is 2.29. The first-order valence-corrected chi connectivity index (χ1v) is 7.81. The topological polar surface area (TPSA) is 68.0 Å². The van der Waals surface area contributed by atoms with Crippen LogP contribution in [0.4, 0.5) is 0 Å². The summed E-state index contributed by atoms with van der Waals surface area (Å²) in [5.41, 5.74) is 5.75. The molecule has 2 aromatic rings. The van der Waals surface area contributed by atoms with Crippen molar-refractivity contribution in [3.63, 3.8) is 0 Å². The van der Waals surface area contributed by atoms with Crippen molar-refractivity contribution < 1.29 is 4.79 Å². The first-order chi connectivity index (χ1) is 10.2. The zero-order valence-electron chi connectivity index (χ0n) is 12.0.